The van der Waals surface area contributed by atoms with E-state index >= 15 is 0 Å². The molecule has 0 radical (unpaired) electrons. The maximum absolute atomic E-state index is 11.3. The fraction of sp³-hybridized carbons (Fsp3) is 0.500. The van der Waals surface area contributed by atoms with Crippen molar-refractivity contribution in [2.75, 3.05) is 6.61 Å². The highest BCUT2D eigenvalue weighted by atomic mass is 16.5. The van der Waals surface area contributed by atoms with Crippen LogP contribution in [0.4, 0.5) is 0 Å². The third-order valence-corrected chi connectivity index (χ3v) is 3.17. The van der Waals surface area contributed by atoms with E-state index in [2.05, 4.69) is 29.6 Å². The molecule has 0 saturated carbocycles. The summed E-state index contributed by atoms with van der Waals surface area (Å²) in [6.07, 6.45) is 2.37. The first-order valence-electron chi connectivity index (χ1n) is 6.25. The van der Waals surface area contributed by atoms with E-state index in [1.807, 2.05) is 6.92 Å². The van der Waals surface area contributed by atoms with E-state index in [-0.39, 0.29) is 5.97 Å². The van der Waals surface area contributed by atoms with Crippen LogP contribution in [-0.2, 0) is 22.5 Å². The molecule has 0 amide bonds. The molecule has 0 saturated heterocycles. The van der Waals surface area contributed by atoms with Crippen LogP contribution in [0, 0.1) is 0 Å². The van der Waals surface area contributed by atoms with Crippen LogP contribution >= 0.6 is 0 Å². The van der Waals surface area contributed by atoms with Crippen molar-refractivity contribution in [2.45, 2.75) is 38.8 Å². The Bertz CT molecular complexity index is 390. The largest absolute Gasteiger partial charge is 0.466 e. The summed E-state index contributed by atoms with van der Waals surface area (Å²) in [5.74, 6) is -0.0897. The number of fused-ring (bicyclic) bond motifs is 1. The van der Waals surface area contributed by atoms with Gasteiger partial charge < -0.3 is 10.1 Å². The highest BCUT2D eigenvalue weighted by Crippen LogP contribution is 2.18. The number of rotatable bonds is 4. The van der Waals surface area contributed by atoms with Crippen molar-refractivity contribution < 1.29 is 9.53 Å². The normalized spacial score (nSPS) is 18.5. The van der Waals surface area contributed by atoms with Crippen LogP contribution in [0.1, 0.15) is 30.9 Å². The topological polar surface area (TPSA) is 38.3 Å². The first kappa shape index (κ1) is 12.1. The van der Waals surface area contributed by atoms with Crippen LogP contribution in [-0.4, -0.2) is 18.6 Å². The lowest BCUT2D eigenvalue weighted by molar-refractivity contribution is -0.143. The van der Waals surface area contributed by atoms with Gasteiger partial charge in [-0.15, -0.1) is 0 Å². The summed E-state index contributed by atoms with van der Waals surface area (Å²) in [5.41, 5.74) is 2.78. The molecule has 2 rings (SSSR count). The minimum absolute atomic E-state index is 0.0897. The van der Waals surface area contributed by atoms with Gasteiger partial charge in [0.2, 0.25) is 0 Å². The molecule has 0 bridgehead atoms. The van der Waals surface area contributed by atoms with Crippen molar-refractivity contribution in [3.05, 3.63) is 35.4 Å². The van der Waals surface area contributed by atoms with E-state index < -0.39 is 0 Å². The SMILES string of the molecule is CCOC(=O)CCC1Cc2ccccc2CN1. The van der Waals surface area contributed by atoms with Gasteiger partial charge in [-0.25, -0.2) is 0 Å². The van der Waals surface area contributed by atoms with Gasteiger partial charge in [0, 0.05) is 19.0 Å². The maximum Gasteiger partial charge on any atom is 0.305 e. The summed E-state index contributed by atoms with van der Waals surface area (Å²) in [4.78, 5) is 11.3. The van der Waals surface area contributed by atoms with Gasteiger partial charge in [0.15, 0.2) is 0 Å². The highest BCUT2D eigenvalue weighted by Gasteiger charge is 2.18. The molecule has 17 heavy (non-hydrogen) atoms. The van der Waals surface area contributed by atoms with Gasteiger partial charge in [-0.3, -0.25) is 4.79 Å². The van der Waals surface area contributed by atoms with Gasteiger partial charge in [-0.05, 0) is 30.9 Å². The summed E-state index contributed by atoms with van der Waals surface area (Å²) >= 11 is 0. The van der Waals surface area contributed by atoms with Gasteiger partial charge in [-0.1, -0.05) is 24.3 Å². The van der Waals surface area contributed by atoms with E-state index in [1.54, 1.807) is 0 Å². The van der Waals surface area contributed by atoms with Crippen molar-refractivity contribution in [2.24, 2.45) is 0 Å². The number of carbonyl (C=O) groups is 1. The van der Waals surface area contributed by atoms with Gasteiger partial charge in [0.1, 0.15) is 0 Å². The molecule has 1 aromatic carbocycles. The van der Waals surface area contributed by atoms with Crippen LogP contribution in [0.2, 0.25) is 0 Å². The fourth-order valence-electron chi connectivity index (χ4n) is 2.25. The first-order valence-corrected chi connectivity index (χ1v) is 6.25. The summed E-state index contributed by atoms with van der Waals surface area (Å²) in [6, 6.07) is 8.87. The molecule has 1 aromatic rings. The van der Waals surface area contributed by atoms with E-state index in [9.17, 15) is 4.79 Å². The number of benzene rings is 1. The van der Waals surface area contributed by atoms with Crippen molar-refractivity contribution >= 4 is 5.97 Å². The molecule has 1 aliphatic heterocycles. The Balaban J connectivity index is 1.84. The molecule has 1 aliphatic rings. The van der Waals surface area contributed by atoms with Gasteiger partial charge >= 0.3 is 5.97 Å². The predicted octanol–water partition coefficient (Wildman–Crippen LogP) is 2.04. The molecule has 3 nitrogen and oxygen atoms in total. The Labute approximate surface area is 102 Å². The van der Waals surface area contributed by atoms with Gasteiger partial charge in [-0.2, -0.15) is 0 Å². The average molecular weight is 233 g/mol. The number of hydrogen-bond acceptors (Lipinski definition) is 3. The van der Waals surface area contributed by atoms with E-state index in [0.717, 1.165) is 19.4 Å². The number of hydrogen-bond donors (Lipinski definition) is 1. The molecule has 0 aromatic heterocycles. The second-order valence-corrected chi connectivity index (χ2v) is 4.39. The predicted molar refractivity (Wildman–Crippen MR) is 66.6 cm³/mol. The van der Waals surface area contributed by atoms with E-state index in [0.29, 0.717) is 19.1 Å². The number of esters is 1. The Morgan fingerprint density at radius 3 is 2.94 bits per heavy atom. The average Bonchev–Trinajstić information content (AvgIpc) is 2.36. The van der Waals surface area contributed by atoms with Crippen molar-refractivity contribution in [3.8, 4) is 0 Å². The Morgan fingerprint density at radius 1 is 1.41 bits per heavy atom. The van der Waals surface area contributed by atoms with Crippen LogP contribution in [0.25, 0.3) is 0 Å². The molecule has 1 unspecified atom stereocenters. The Kier molecular flexibility index (Phi) is 4.15. The standard InChI is InChI=1S/C14H19NO2/c1-2-17-14(16)8-7-13-9-11-5-3-4-6-12(11)10-15-13/h3-6,13,15H,2,7-10H2,1H3. The van der Waals surface area contributed by atoms with Crippen molar-refractivity contribution in [1.29, 1.82) is 0 Å². The zero-order chi connectivity index (χ0) is 12.1. The quantitative estimate of drug-likeness (QED) is 0.809. The number of ether oxygens (including phenoxy) is 1. The smallest absolute Gasteiger partial charge is 0.305 e. The zero-order valence-corrected chi connectivity index (χ0v) is 10.2. The molecule has 0 fully saturated rings. The second kappa shape index (κ2) is 5.82. The second-order valence-electron chi connectivity index (χ2n) is 4.39. The van der Waals surface area contributed by atoms with Gasteiger partial charge in [0.25, 0.3) is 0 Å². The monoisotopic (exact) mass is 233 g/mol. The molecule has 92 valence electrons. The summed E-state index contributed by atoms with van der Waals surface area (Å²) in [5, 5.41) is 3.46. The molecular formula is C14H19NO2. The molecule has 1 atom stereocenters. The summed E-state index contributed by atoms with van der Waals surface area (Å²) < 4.78 is 4.94. The van der Waals surface area contributed by atoms with Crippen molar-refractivity contribution in [1.82, 2.24) is 5.32 Å². The third-order valence-electron chi connectivity index (χ3n) is 3.17. The lowest BCUT2D eigenvalue weighted by Crippen LogP contribution is -2.35. The van der Waals surface area contributed by atoms with E-state index in [1.165, 1.54) is 11.1 Å². The Morgan fingerprint density at radius 2 is 2.18 bits per heavy atom. The van der Waals surface area contributed by atoms with Crippen LogP contribution in [0.15, 0.2) is 24.3 Å². The summed E-state index contributed by atoms with van der Waals surface area (Å²) in [7, 11) is 0. The van der Waals surface area contributed by atoms with Crippen LogP contribution in [0.3, 0.4) is 0 Å². The van der Waals surface area contributed by atoms with Crippen LogP contribution in [0.5, 0.6) is 0 Å². The summed E-state index contributed by atoms with van der Waals surface area (Å²) in [6.45, 7) is 3.22. The molecule has 0 spiro atoms. The first-order chi connectivity index (χ1) is 8.29. The lowest BCUT2D eigenvalue weighted by Gasteiger charge is -2.25. The zero-order valence-electron chi connectivity index (χ0n) is 10.2. The molecule has 0 aliphatic carbocycles. The molecule has 1 N–H and O–H groups in total. The minimum Gasteiger partial charge on any atom is -0.466 e. The van der Waals surface area contributed by atoms with Crippen molar-refractivity contribution in [3.63, 3.8) is 0 Å². The van der Waals surface area contributed by atoms with E-state index in [4.69, 9.17) is 4.74 Å². The number of carbonyl (C=O) groups excluding carboxylic acids is 1. The fourth-order valence-corrected chi connectivity index (χ4v) is 2.25. The minimum atomic E-state index is -0.0897. The maximum atomic E-state index is 11.3. The molecule has 1 heterocycles. The Hall–Kier alpha value is -1.35. The molecular weight excluding hydrogens is 214 g/mol. The van der Waals surface area contributed by atoms with Gasteiger partial charge in [0.05, 0.1) is 6.61 Å². The highest BCUT2D eigenvalue weighted by molar-refractivity contribution is 5.69. The van der Waals surface area contributed by atoms with Crippen LogP contribution < -0.4 is 5.32 Å². The number of nitrogens with one attached hydrogen (secondary N) is 1. The lowest BCUT2D eigenvalue weighted by atomic mass is 9.93. The molecule has 3 heteroatoms. The third kappa shape index (κ3) is 3.30.